The van der Waals surface area contributed by atoms with Gasteiger partial charge in [-0.25, -0.2) is 0 Å². The lowest BCUT2D eigenvalue weighted by atomic mass is 10.1. The van der Waals surface area contributed by atoms with Gasteiger partial charge in [-0.15, -0.1) is 10.2 Å². The van der Waals surface area contributed by atoms with E-state index in [9.17, 15) is 0 Å². The Balaban J connectivity index is 1.74. The smallest absolute Gasteiger partial charge is 0.233 e. The summed E-state index contributed by atoms with van der Waals surface area (Å²) in [4.78, 5) is 0. The van der Waals surface area contributed by atoms with Gasteiger partial charge in [-0.1, -0.05) is 52.4 Å². The predicted molar refractivity (Wildman–Crippen MR) is 107 cm³/mol. The quantitative estimate of drug-likeness (QED) is 0.409. The molecule has 0 aliphatic rings. The zero-order chi connectivity index (χ0) is 18.5. The van der Waals surface area contributed by atoms with Gasteiger partial charge in [0.1, 0.15) is 5.75 Å². The van der Waals surface area contributed by atoms with Crippen LogP contribution in [-0.2, 0) is 0 Å². The number of ether oxygens (including phenoxy) is 2. The maximum Gasteiger partial charge on any atom is 0.233 e. The van der Waals surface area contributed by atoms with Crippen molar-refractivity contribution in [3.63, 3.8) is 0 Å². The molecular formula is C22H32N2O2. The van der Waals surface area contributed by atoms with Gasteiger partial charge in [0, 0.05) is 11.6 Å². The Kier molecular flexibility index (Phi) is 9.55. The minimum atomic E-state index is 0.584. The van der Waals surface area contributed by atoms with Gasteiger partial charge < -0.3 is 9.47 Å². The summed E-state index contributed by atoms with van der Waals surface area (Å²) in [5.74, 6) is 1.50. The van der Waals surface area contributed by atoms with Crippen molar-refractivity contribution < 1.29 is 9.47 Å². The summed E-state index contributed by atoms with van der Waals surface area (Å²) in [6.45, 7) is 5.86. The van der Waals surface area contributed by atoms with E-state index < -0.39 is 0 Å². The first-order valence-electron chi connectivity index (χ1n) is 10.0. The molecule has 0 saturated carbocycles. The molecule has 0 spiro atoms. The van der Waals surface area contributed by atoms with Crippen molar-refractivity contribution >= 4 is 0 Å². The Hall–Kier alpha value is -2.10. The van der Waals surface area contributed by atoms with Crippen LogP contribution in [0.1, 0.15) is 65.2 Å². The molecule has 1 aromatic carbocycles. The van der Waals surface area contributed by atoms with Gasteiger partial charge in [0.15, 0.2) is 0 Å². The maximum absolute atomic E-state index is 5.82. The highest BCUT2D eigenvalue weighted by Gasteiger charge is 2.03. The molecule has 0 bridgehead atoms. The van der Waals surface area contributed by atoms with E-state index in [-0.39, 0.29) is 0 Å². The Bertz CT molecular complexity index is 597. The molecule has 0 atom stereocenters. The summed E-state index contributed by atoms with van der Waals surface area (Å²) in [7, 11) is 0. The highest BCUT2D eigenvalue weighted by Crippen LogP contribution is 2.21. The molecule has 26 heavy (non-hydrogen) atoms. The molecule has 1 aromatic heterocycles. The lowest BCUT2D eigenvalue weighted by molar-refractivity contribution is 0.294. The lowest BCUT2D eigenvalue weighted by Crippen LogP contribution is -2.00. The standard InChI is InChI=1S/C22H32N2O2/c1-3-5-7-8-9-10-18-25-20-13-11-19(12-14-20)21-15-16-22(24-23-21)26-17-6-4-2/h11-16H,3-10,17-18H2,1-2H3. The number of benzene rings is 1. The third kappa shape index (κ3) is 7.42. The second-order valence-corrected chi connectivity index (χ2v) is 6.60. The van der Waals surface area contributed by atoms with Crippen LogP contribution in [0.25, 0.3) is 11.3 Å². The first-order valence-corrected chi connectivity index (χ1v) is 10.0. The molecule has 0 radical (unpaired) electrons. The lowest BCUT2D eigenvalue weighted by Gasteiger charge is -2.08. The number of hydrogen-bond acceptors (Lipinski definition) is 4. The summed E-state index contributed by atoms with van der Waals surface area (Å²) in [5, 5.41) is 8.39. The molecule has 0 fully saturated rings. The summed E-state index contributed by atoms with van der Waals surface area (Å²) < 4.78 is 11.4. The number of nitrogens with zero attached hydrogens (tertiary/aromatic N) is 2. The van der Waals surface area contributed by atoms with Gasteiger partial charge in [-0.05, 0) is 43.2 Å². The Labute approximate surface area is 158 Å². The van der Waals surface area contributed by atoms with Crippen molar-refractivity contribution in [1.29, 1.82) is 0 Å². The average Bonchev–Trinajstić information content (AvgIpc) is 2.69. The zero-order valence-electron chi connectivity index (χ0n) is 16.2. The van der Waals surface area contributed by atoms with Crippen molar-refractivity contribution in [2.24, 2.45) is 0 Å². The van der Waals surface area contributed by atoms with E-state index in [4.69, 9.17) is 9.47 Å². The topological polar surface area (TPSA) is 44.2 Å². The molecule has 142 valence electrons. The van der Waals surface area contributed by atoms with E-state index in [0.29, 0.717) is 12.5 Å². The van der Waals surface area contributed by atoms with Gasteiger partial charge in [0.2, 0.25) is 5.88 Å². The average molecular weight is 357 g/mol. The molecule has 1 heterocycles. The Morgan fingerprint density at radius 2 is 1.35 bits per heavy atom. The molecule has 2 aromatic rings. The van der Waals surface area contributed by atoms with Crippen molar-refractivity contribution in [3.05, 3.63) is 36.4 Å². The second-order valence-electron chi connectivity index (χ2n) is 6.60. The van der Waals surface area contributed by atoms with E-state index in [1.165, 1.54) is 32.1 Å². The van der Waals surface area contributed by atoms with E-state index >= 15 is 0 Å². The summed E-state index contributed by atoms with van der Waals surface area (Å²) in [6, 6.07) is 11.9. The fourth-order valence-corrected chi connectivity index (χ4v) is 2.67. The summed E-state index contributed by atoms with van der Waals surface area (Å²) in [5.41, 5.74) is 1.87. The van der Waals surface area contributed by atoms with Crippen LogP contribution in [0.2, 0.25) is 0 Å². The largest absolute Gasteiger partial charge is 0.494 e. The minimum absolute atomic E-state index is 0.584. The molecule has 0 N–H and O–H groups in total. The first kappa shape index (κ1) is 20.2. The Morgan fingerprint density at radius 1 is 0.654 bits per heavy atom. The van der Waals surface area contributed by atoms with Crippen LogP contribution in [0.15, 0.2) is 36.4 Å². The molecule has 0 aliphatic carbocycles. The molecule has 4 nitrogen and oxygen atoms in total. The van der Waals surface area contributed by atoms with E-state index in [1.54, 1.807) is 0 Å². The third-order valence-corrected chi connectivity index (χ3v) is 4.30. The van der Waals surface area contributed by atoms with E-state index in [2.05, 4.69) is 24.0 Å². The van der Waals surface area contributed by atoms with Gasteiger partial charge >= 0.3 is 0 Å². The summed E-state index contributed by atoms with van der Waals surface area (Å²) in [6.07, 6.45) is 9.81. The molecule has 0 aliphatic heterocycles. The molecule has 2 rings (SSSR count). The zero-order valence-corrected chi connectivity index (χ0v) is 16.2. The monoisotopic (exact) mass is 356 g/mol. The van der Waals surface area contributed by atoms with Gasteiger partial charge in [-0.2, -0.15) is 0 Å². The van der Waals surface area contributed by atoms with Crippen LogP contribution >= 0.6 is 0 Å². The number of unbranched alkanes of at least 4 members (excludes halogenated alkanes) is 6. The fourth-order valence-electron chi connectivity index (χ4n) is 2.67. The second kappa shape index (κ2) is 12.3. The fraction of sp³-hybridized carbons (Fsp3) is 0.545. The van der Waals surface area contributed by atoms with Crippen molar-refractivity contribution in [2.75, 3.05) is 13.2 Å². The van der Waals surface area contributed by atoms with Crippen molar-refractivity contribution in [3.8, 4) is 22.9 Å². The van der Waals surface area contributed by atoms with Crippen LogP contribution in [0.4, 0.5) is 0 Å². The maximum atomic E-state index is 5.82. The van der Waals surface area contributed by atoms with Crippen LogP contribution < -0.4 is 9.47 Å². The van der Waals surface area contributed by atoms with Gasteiger partial charge in [0.05, 0.1) is 18.9 Å². The molecular weight excluding hydrogens is 324 g/mol. The van der Waals surface area contributed by atoms with Crippen LogP contribution in [0, 0.1) is 0 Å². The molecule has 0 amide bonds. The number of aromatic nitrogens is 2. The van der Waals surface area contributed by atoms with Crippen molar-refractivity contribution in [2.45, 2.75) is 65.2 Å². The SMILES string of the molecule is CCCCCCCCOc1ccc(-c2ccc(OCCCC)nn2)cc1. The van der Waals surface area contributed by atoms with Gasteiger partial charge in [0.25, 0.3) is 0 Å². The van der Waals surface area contributed by atoms with E-state index in [0.717, 1.165) is 42.9 Å². The third-order valence-electron chi connectivity index (χ3n) is 4.30. The minimum Gasteiger partial charge on any atom is -0.494 e. The Morgan fingerprint density at radius 3 is 2.04 bits per heavy atom. The molecule has 4 heteroatoms. The van der Waals surface area contributed by atoms with Crippen LogP contribution in [-0.4, -0.2) is 23.4 Å². The van der Waals surface area contributed by atoms with Crippen LogP contribution in [0.5, 0.6) is 11.6 Å². The van der Waals surface area contributed by atoms with Gasteiger partial charge in [-0.3, -0.25) is 0 Å². The number of hydrogen-bond donors (Lipinski definition) is 0. The van der Waals surface area contributed by atoms with E-state index in [1.807, 2.05) is 36.4 Å². The molecule has 0 unspecified atom stereocenters. The highest BCUT2D eigenvalue weighted by molar-refractivity contribution is 5.59. The van der Waals surface area contributed by atoms with Crippen molar-refractivity contribution in [1.82, 2.24) is 10.2 Å². The number of rotatable bonds is 13. The normalized spacial score (nSPS) is 10.7. The first-order chi connectivity index (χ1) is 12.8. The van der Waals surface area contributed by atoms with Crippen LogP contribution in [0.3, 0.4) is 0 Å². The predicted octanol–water partition coefficient (Wildman–Crippen LogP) is 6.06. The highest BCUT2D eigenvalue weighted by atomic mass is 16.5. The molecule has 0 saturated heterocycles. The summed E-state index contributed by atoms with van der Waals surface area (Å²) >= 11 is 0.